The summed E-state index contributed by atoms with van der Waals surface area (Å²) in [6, 6.07) is 11.9. The van der Waals surface area contributed by atoms with Crippen LogP contribution in [0.5, 0.6) is 0 Å². The second-order valence-corrected chi connectivity index (χ2v) is 11.2. The molecule has 3 aromatic rings. The fraction of sp³-hybridized carbons (Fsp3) is 0.273. The normalized spacial score (nSPS) is 16.5. The fourth-order valence-corrected chi connectivity index (χ4v) is 5.14. The summed E-state index contributed by atoms with van der Waals surface area (Å²) < 4.78 is 33.3. The third-order valence-electron chi connectivity index (χ3n) is 5.04. The molecule has 10 nitrogen and oxygen atoms in total. The number of thiophene rings is 1. The summed E-state index contributed by atoms with van der Waals surface area (Å²) in [7, 11) is -0.196. The second kappa shape index (κ2) is 9.80. The molecule has 35 heavy (non-hydrogen) atoms. The molecule has 1 aromatic carbocycles. The Bertz CT molecular complexity index is 1420. The third-order valence-corrected chi connectivity index (χ3v) is 6.84. The number of cyclic esters (lactones) is 1. The van der Waals surface area contributed by atoms with Gasteiger partial charge >= 0.3 is 6.09 Å². The molecule has 0 aliphatic carbocycles. The summed E-state index contributed by atoms with van der Waals surface area (Å²) in [4.78, 5) is 32.7. The molecule has 1 aliphatic heterocycles. The van der Waals surface area contributed by atoms with Crippen LogP contribution in [-0.2, 0) is 14.8 Å². The first kappa shape index (κ1) is 24.9. The summed E-state index contributed by atoms with van der Waals surface area (Å²) in [5, 5.41) is 3.15. The molecule has 1 saturated heterocycles. The lowest BCUT2D eigenvalue weighted by Crippen LogP contribution is -2.34. The summed E-state index contributed by atoms with van der Waals surface area (Å²) in [6.45, 7) is 0.396. The molecule has 0 radical (unpaired) electrons. The van der Waals surface area contributed by atoms with Gasteiger partial charge in [-0.2, -0.15) is 0 Å². The van der Waals surface area contributed by atoms with E-state index in [1.165, 1.54) is 16.2 Å². The minimum absolute atomic E-state index is 0.146. The lowest BCUT2D eigenvalue weighted by molar-refractivity contribution is 0.0920. The monoisotopic (exact) mass is 535 g/mol. The van der Waals surface area contributed by atoms with E-state index in [9.17, 15) is 18.0 Å². The Hall–Kier alpha value is -3.22. The van der Waals surface area contributed by atoms with Crippen molar-refractivity contribution < 1.29 is 22.7 Å². The molecule has 2 amide bonds. The highest BCUT2D eigenvalue weighted by atomic mass is 35.5. The number of halogens is 1. The van der Waals surface area contributed by atoms with Gasteiger partial charge < -0.3 is 15.0 Å². The van der Waals surface area contributed by atoms with E-state index in [0.717, 1.165) is 11.0 Å². The van der Waals surface area contributed by atoms with E-state index in [1.807, 2.05) is 6.07 Å². The van der Waals surface area contributed by atoms with Crippen LogP contribution in [0.2, 0.25) is 5.15 Å². The average Bonchev–Trinajstić information content (AvgIpc) is 3.38. The number of fused-ring (bicyclic) bond motifs is 1. The minimum Gasteiger partial charge on any atom is -0.442 e. The molecule has 0 spiro atoms. The Morgan fingerprint density at radius 1 is 1.29 bits per heavy atom. The van der Waals surface area contributed by atoms with Crippen LogP contribution in [0.4, 0.5) is 10.5 Å². The van der Waals surface area contributed by atoms with Gasteiger partial charge in [-0.3, -0.25) is 9.69 Å². The number of aromatic nitrogens is 1. The summed E-state index contributed by atoms with van der Waals surface area (Å²) in [5.74, 6) is -0.00769. The first-order valence-electron chi connectivity index (χ1n) is 10.4. The molecule has 1 unspecified atom stereocenters. The molecule has 1 atom stereocenters. The first-order valence-corrected chi connectivity index (χ1v) is 13.4. The van der Waals surface area contributed by atoms with Crippen LogP contribution in [0.3, 0.4) is 0 Å². The molecule has 3 heterocycles. The van der Waals surface area contributed by atoms with Crippen molar-refractivity contribution >= 4 is 66.7 Å². The van der Waals surface area contributed by atoms with E-state index in [2.05, 4.69) is 14.7 Å². The number of amidine groups is 1. The summed E-state index contributed by atoms with van der Waals surface area (Å²) in [5.41, 5.74) is 1.81. The Morgan fingerprint density at radius 3 is 2.66 bits per heavy atom. The van der Waals surface area contributed by atoms with E-state index in [4.69, 9.17) is 16.3 Å². The number of benzene rings is 1. The van der Waals surface area contributed by atoms with Crippen molar-refractivity contribution in [3.8, 4) is 0 Å². The first-order chi connectivity index (χ1) is 16.5. The number of nitrogens with one attached hydrogen (secondary N) is 1. The Labute approximate surface area is 211 Å². The molecule has 184 valence electrons. The molecule has 0 saturated carbocycles. The number of ether oxygens (including phenoxy) is 1. The zero-order valence-electron chi connectivity index (χ0n) is 19.1. The predicted octanol–water partition coefficient (Wildman–Crippen LogP) is 2.97. The zero-order chi connectivity index (χ0) is 25.3. The van der Waals surface area contributed by atoms with Crippen molar-refractivity contribution in [3.05, 3.63) is 58.1 Å². The van der Waals surface area contributed by atoms with Gasteiger partial charge in [0.1, 0.15) is 17.1 Å². The van der Waals surface area contributed by atoms with Crippen molar-refractivity contribution in [1.29, 1.82) is 0 Å². The van der Waals surface area contributed by atoms with Crippen LogP contribution in [0, 0.1) is 0 Å². The van der Waals surface area contributed by atoms with Crippen LogP contribution in [0.1, 0.15) is 15.2 Å². The van der Waals surface area contributed by atoms with Crippen molar-refractivity contribution in [2.24, 2.45) is 4.40 Å². The molecule has 1 aliphatic rings. The highest BCUT2D eigenvalue weighted by molar-refractivity contribution is 7.89. The molecular weight excluding hydrogens is 514 g/mol. The van der Waals surface area contributed by atoms with Gasteiger partial charge in [0, 0.05) is 25.3 Å². The number of pyridine rings is 1. The summed E-state index contributed by atoms with van der Waals surface area (Å²) in [6.07, 6.45) is -0.0374. The zero-order valence-corrected chi connectivity index (χ0v) is 21.4. The molecular formula is C22H22ClN5O5S2. The topological polar surface area (TPSA) is 121 Å². The lowest BCUT2D eigenvalue weighted by atomic mass is 10.1. The fourth-order valence-electron chi connectivity index (χ4n) is 3.48. The molecule has 1 N–H and O–H groups in total. The van der Waals surface area contributed by atoms with E-state index >= 15 is 0 Å². The van der Waals surface area contributed by atoms with Gasteiger partial charge in [0.05, 0.1) is 34.4 Å². The van der Waals surface area contributed by atoms with Crippen molar-refractivity contribution in [2.75, 3.05) is 38.3 Å². The largest absolute Gasteiger partial charge is 0.442 e. The highest BCUT2D eigenvalue weighted by Gasteiger charge is 2.32. The Morgan fingerprint density at radius 2 is 2.00 bits per heavy atom. The minimum atomic E-state index is -3.58. The number of sulfonamides is 1. The Kier molecular flexibility index (Phi) is 6.97. The van der Waals surface area contributed by atoms with Gasteiger partial charge in [-0.15, -0.1) is 15.7 Å². The SMILES string of the molecule is CN(C)/C(=N/S(C)(=O)=O)c1ccc(N2CC(CNC(=O)c3cc4nc(Cl)ccc4s3)OC2=O)cc1. The number of rotatable bonds is 6. The molecule has 4 rings (SSSR count). The highest BCUT2D eigenvalue weighted by Crippen LogP contribution is 2.26. The van der Waals surface area contributed by atoms with Crippen molar-refractivity contribution in [1.82, 2.24) is 15.2 Å². The van der Waals surface area contributed by atoms with Gasteiger partial charge in [0.25, 0.3) is 15.9 Å². The van der Waals surface area contributed by atoms with E-state index in [1.54, 1.807) is 55.4 Å². The number of amides is 2. The third kappa shape index (κ3) is 5.89. The predicted molar refractivity (Wildman–Crippen MR) is 136 cm³/mol. The smallest absolute Gasteiger partial charge is 0.414 e. The number of hydrogen-bond acceptors (Lipinski definition) is 7. The quantitative estimate of drug-likeness (QED) is 0.292. The molecule has 2 aromatic heterocycles. The number of carbonyl (C=O) groups is 2. The van der Waals surface area contributed by atoms with Crippen LogP contribution in [0.25, 0.3) is 10.2 Å². The van der Waals surface area contributed by atoms with Crippen molar-refractivity contribution in [3.63, 3.8) is 0 Å². The average molecular weight is 536 g/mol. The molecule has 13 heteroatoms. The van der Waals surface area contributed by atoms with Gasteiger partial charge in [-0.05, 0) is 42.5 Å². The van der Waals surface area contributed by atoms with Gasteiger partial charge in [0.15, 0.2) is 0 Å². The Balaban J connectivity index is 1.40. The van der Waals surface area contributed by atoms with E-state index in [-0.39, 0.29) is 24.8 Å². The van der Waals surface area contributed by atoms with E-state index in [0.29, 0.717) is 26.8 Å². The van der Waals surface area contributed by atoms with Crippen molar-refractivity contribution in [2.45, 2.75) is 6.10 Å². The van der Waals surface area contributed by atoms with Crippen LogP contribution >= 0.6 is 22.9 Å². The van der Waals surface area contributed by atoms with Crippen LogP contribution in [0.15, 0.2) is 46.9 Å². The number of hydrogen-bond donors (Lipinski definition) is 1. The number of carbonyl (C=O) groups excluding carboxylic acids is 2. The number of anilines is 1. The van der Waals surface area contributed by atoms with Crippen LogP contribution in [-0.4, -0.2) is 75.7 Å². The van der Waals surface area contributed by atoms with Gasteiger partial charge in [-0.1, -0.05) is 11.6 Å². The van der Waals surface area contributed by atoms with Gasteiger partial charge in [-0.25, -0.2) is 18.2 Å². The van der Waals surface area contributed by atoms with E-state index < -0.39 is 22.2 Å². The van der Waals surface area contributed by atoms with Gasteiger partial charge in [0.2, 0.25) is 0 Å². The maximum absolute atomic E-state index is 12.6. The van der Waals surface area contributed by atoms with Crippen LogP contribution < -0.4 is 10.2 Å². The summed E-state index contributed by atoms with van der Waals surface area (Å²) >= 11 is 7.20. The maximum atomic E-state index is 12.6. The second-order valence-electron chi connectivity index (χ2n) is 8.04. The lowest BCUT2D eigenvalue weighted by Gasteiger charge is -2.17. The maximum Gasteiger partial charge on any atom is 0.414 e. The molecule has 1 fully saturated rings. The number of nitrogens with zero attached hydrogens (tertiary/aromatic N) is 4. The standard InChI is InChI=1S/C22H22ClN5O5S2/c1-27(2)20(26-35(3,31)32)13-4-6-14(7-5-13)28-12-15(33-22(28)30)11-24-21(29)18-10-16-17(34-18)8-9-19(23)25-16/h4-10,15H,11-12H2,1-3H3,(H,24,29)/b26-20+. The molecule has 0 bridgehead atoms.